The first-order valence-electron chi connectivity index (χ1n) is 8.11. The highest BCUT2D eigenvalue weighted by Crippen LogP contribution is 2.15. The largest absolute Gasteiger partial charge is 0.497 e. The quantitative estimate of drug-likeness (QED) is 0.635. The topological polar surface area (TPSA) is 101 Å². The molecule has 26 heavy (non-hydrogen) atoms. The number of ether oxygens (including phenoxy) is 1. The zero-order chi connectivity index (χ0) is 18.5. The first-order chi connectivity index (χ1) is 12.5. The maximum atomic E-state index is 12.2. The first kappa shape index (κ1) is 17.5. The van der Waals surface area contributed by atoms with E-state index in [0.29, 0.717) is 23.2 Å². The summed E-state index contributed by atoms with van der Waals surface area (Å²) in [6, 6.07) is 12.1. The van der Waals surface area contributed by atoms with Crippen molar-refractivity contribution in [3.05, 3.63) is 64.1 Å². The molecule has 0 saturated carbocycles. The predicted molar refractivity (Wildman–Crippen MR) is 95.2 cm³/mol. The Balaban J connectivity index is 1.51. The molecule has 1 aromatic heterocycles. The van der Waals surface area contributed by atoms with Gasteiger partial charge in [0.15, 0.2) is 11.4 Å². The van der Waals surface area contributed by atoms with Gasteiger partial charge in [0.05, 0.1) is 12.6 Å². The molecule has 1 amide bonds. The lowest BCUT2D eigenvalue weighted by Crippen LogP contribution is -2.23. The number of methoxy groups -OCH3 is 1. The number of amides is 1. The van der Waals surface area contributed by atoms with Crippen molar-refractivity contribution in [3.8, 4) is 5.75 Å². The first-order valence-corrected chi connectivity index (χ1v) is 8.11. The number of carbonyl (C=O) groups excluding carboxylic acids is 2. The minimum Gasteiger partial charge on any atom is -0.497 e. The van der Waals surface area contributed by atoms with E-state index < -0.39 is 5.76 Å². The smallest absolute Gasteiger partial charge is 0.417 e. The summed E-state index contributed by atoms with van der Waals surface area (Å²) in [5, 5.41) is 2.78. The van der Waals surface area contributed by atoms with Gasteiger partial charge in [-0.1, -0.05) is 12.1 Å². The molecule has 0 spiro atoms. The molecule has 7 heteroatoms. The molecule has 1 heterocycles. The van der Waals surface area contributed by atoms with Crippen LogP contribution in [-0.4, -0.2) is 23.8 Å². The molecule has 0 bridgehead atoms. The zero-order valence-corrected chi connectivity index (χ0v) is 14.2. The molecular weight excluding hydrogens is 336 g/mol. The number of benzene rings is 2. The third-order valence-corrected chi connectivity index (χ3v) is 3.97. The number of aromatic amines is 1. The van der Waals surface area contributed by atoms with Crippen LogP contribution in [0.1, 0.15) is 28.8 Å². The SMILES string of the molecule is COc1ccc(CNC(=O)CCC(=O)c2ccc3[nH]c(=O)oc3c2)cc1. The van der Waals surface area contributed by atoms with Gasteiger partial charge in [-0.2, -0.15) is 0 Å². The lowest BCUT2D eigenvalue weighted by molar-refractivity contribution is -0.121. The Morgan fingerprint density at radius 2 is 1.88 bits per heavy atom. The van der Waals surface area contributed by atoms with Crippen molar-refractivity contribution in [2.24, 2.45) is 0 Å². The number of Topliss-reactive ketones (excluding diaryl/α,β-unsaturated/α-hetero) is 1. The summed E-state index contributed by atoms with van der Waals surface area (Å²) >= 11 is 0. The number of ketones is 1. The van der Waals surface area contributed by atoms with Crippen LogP contribution in [0.5, 0.6) is 5.75 Å². The number of hydrogen-bond donors (Lipinski definition) is 2. The van der Waals surface area contributed by atoms with Gasteiger partial charge in [0.2, 0.25) is 5.91 Å². The number of oxazole rings is 1. The Bertz CT molecular complexity index is 985. The van der Waals surface area contributed by atoms with Crippen LogP contribution in [0.3, 0.4) is 0 Å². The van der Waals surface area contributed by atoms with E-state index >= 15 is 0 Å². The fourth-order valence-corrected chi connectivity index (χ4v) is 2.52. The van der Waals surface area contributed by atoms with Gasteiger partial charge in [0.25, 0.3) is 0 Å². The third kappa shape index (κ3) is 4.18. The van der Waals surface area contributed by atoms with Gasteiger partial charge < -0.3 is 14.5 Å². The molecular formula is C19H18N2O5. The Kier molecular flexibility index (Phi) is 5.17. The average Bonchev–Trinajstić information content (AvgIpc) is 3.03. The number of fused-ring (bicyclic) bond motifs is 1. The molecule has 3 aromatic rings. The van der Waals surface area contributed by atoms with Crippen LogP contribution in [0, 0.1) is 0 Å². The van der Waals surface area contributed by atoms with Gasteiger partial charge in [-0.15, -0.1) is 0 Å². The van der Waals surface area contributed by atoms with E-state index in [0.717, 1.165) is 11.3 Å². The molecule has 0 aliphatic carbocycles. The zero-order valence-electron chi connectivity index (χ0n) is 14.2. The van der Waals surface area contributed by atoms with Gasteiger partial charge in [-0.25, -0.2) is 4.79 Å². The summed E-state index contributed by atoms with van der Waals surface area (Å²) < 4.78 is 10.0. The van der Waals surface area contributed by atoms with Crippen LogP contribution in [0.2, 0.25) is 0 Å². The summed E-state index contributed by atoms with van der Waals surface area (Å²) in [4.78, 5) is 37.8. The highest BCUT2D eigenvalue weighted by Gasteiger charge is 2.11. The number of aromatic nitrogens is 1. The molecule has 0 aliphatic rings. The van der Waals surface area contributed by atoms with Crippen LogP contribution in [0.15, 0.2) is 51.7 Å². The monoisotopic (exact) mass is 354 g/mol. The summed E-state index contributed by atoms with van der Waals surface area (Å²) in [6.07, 6.45) is 0.165. The van der Waals surface area contributed by atoms with Crippen LogP contribution >= 0.6 is 0 Å². The summed E-state index contributed by atoms with van der Waals surface area (Å²) in [7, 11) is 1.59. The van der Waals surface area contributed by atoms with Crippen LogP contribution in [0.4, 0.5) is 0 Å². The molecule has 134 valence electrons. The minimum atomic E-state index is -0.567. The van der Waals surface area contributed by atoms with Crippen molar-refractivity contribution in [2.45, 2.75) is 19.4 Å². The normalized spacial score (nSPS) is 10.7. The second-order valence-corrected chi connectivity index (χ2v) is 5.77. The van der Waals surface area contributed by atoms with Crippen molar-refractivity contribution in [1.82, 2.24) is 10.3 Å². The number of hydrogen-bond acceptors (Lipinski definition) is 5. The third-order valence-electron chi connectivity index (χ3n) is 3.97. The van der Waals surface area contributed by atoms with E-state index in [2.05, 4.69) is 10.3 Å². The Morgan fingerprint density at radius 1 is 1.12 bits per heavy atom. The van der Waals surface area contributed by atoms with Crippen molar-refractivity contribution in [1.29, 1.82) is 0 Å². The van der Waals surface area contributed by atoms with Gasteiger partial charge in [0, 0.05) is 24.9 Å². The van der Waals surface area contributed by atoms with Crippen molar-refractivity contribution in [3.63, 3.8) is 0 Å². The molecule has 0 atom stereocenters. The summed E-state index contributed by atoms with van der Waals surface area (Å²) in [5.74, 6) is -0.206. The Hall–Kier alpha value is -3.35. The lowest BCUT2D eigenvalue weighted by Gasteiger charge is -2.06. The second-order valence-electron chi connectivity index (χ2n) is 5.77. The molecule has 0 fully saturated rings. The second kappa shape index (κ2) is 7.69. The van der Waals surface area contributed by atoms with Gasteiger partial charge in [-0.05, 0) is 35.9 Å². The average molecular weight is 354 g/mol. The minimum absolute atomic E-state index is 0.0780. The number of carbonyl (C=O) groups is 2. The van der Waals surface area contributed by atoms with E-state index in [4.69, 9.17) is 9.15 Å². The Morgan fingerprint density at radius 3 is 2.62 bits per heavy atom. The fourth-order valence-electron chi connectivity index (χ4n) is 2.52. The van der Waals surface area contributed by atoms with Gasteiger partial charge in [0.1, 0.15) is 5.75 Å². The van der Waals surface area contributed by atoms with Crippen LogP contribution in [-0.2, 0) is 11.3 Å². The van der Waals surface area contributed by atoms with Crippen LogP contribution in [0.25, 0.3) is 11.1 Å². The fraction of sp³-hybridized carbons (Fsp3) is 0.211. The van der Waals surface area contributed by atoms with E-state index in [9.17, 15) is 14.4 Å². The molecule has 0 unspecified atom stereocenters. The summed E-state index contributed by atoms with van der Waals surface area (Å²) in [6.45, 7) is 0.386. The molecule has 0 aliphatic heterocycles. The number of H-pyrrole nitrogens is 1. The van der Waals surface area contributed by atoms with Crippen molar-refractivity contribution in [2.75, 3.05) is 7.11 Å². The van der Waals surface area contributed by atoms with E-state index in [-0.39, 0.29) is 24.5 Å². The Labute approximate surface area is 149 Å². The predicted octanol–water partition coefficient (Wildman–Crippen LogP) is 2.41. The molecule has 2 N–H and O–H groups in total. The number of nitrogens with one attached hydrogen (secondary N) is 2. The van der Waals surface area contributed by atoms with E-state index in [1.165, 1.54) is 6.07 Å². The van der Waals surface area contributed by atoms with Gasteiger partial charge in [-0.3, -0.25) is 14.6 Å². The maximum absolute atomic E-state index is 12.2. The van der Waals surface area contributed by atoms with Crippen molar-refractivity contribution < 1.29 is 18.7 Å². The summed E-state index contributed by atoms with van der Waals surface area (Å²) in [5.41, 5.74) is 2.20. The molecule has 0 saturated heterocycles. The number of rotatable bonds is 7. The molecule has 0 radical (unpaired) electrons. The van der Waals surface area contributed by atoms with Gasteiger partial charge >= 0.3 is 5.76 Å². The van der Waals surface area contributed by atoms with Crippen LogP contribution < -0.4 is 15.8 Å². The molecule has 7 nitrogen and oxygen atoms in total. The standard InChI is InChI=1S/C19H18N2O5/c1-25-14-5-2-12(3-6-14)11-20-18(23)9-8-16(22)13-4-7-15-17(10-13)26-19(24)21-15/h2-7,10H,8-9,11H2,1H3,(H,20,23)(H,21,24). The maximum Gasteiger partial charge on any atom is 0.417 e. The molecule has 3 rings (SSSR count). The highest BCUT2D eigenvalue weighted by atomic mass is 16.5. The highest BCUT2D eigenvalue weighted by molar-refractivity contribution is 6.00. The lowest BCUT2D eigenvalue weighted by atomic mass is 10.1. The molecule has 2 aromatic carbocycles. The van der Waals surface area contributed by atoms with Crippen molar-refractivity contribution >= 4 is 22.8 Å². The van der Waals surface area contributed by atoms with E-state index in [1.807, 2.05) is 24.3 Å². The van der Waals surface area contributed by atoms with E-state index in [1.54, 1.807) is 19.2 Å².